The average Bonchev–Trinajstić information content (AvgIpc) is 2.81. The van der Waals surface area contributed by atoms with Crippen molar-refractivity contribution in [3.8, 4) is 0 Å². The first-order valence-corrected chi connectivity index (χ1v) is 7.26. The number of nitrogens with one attached hydrogen (secondary N) is 1. The Morgan fingerprint density at radius 2 is 1.88 bits per heavy atom. The molecule has 0 atom stereocenters. The van der Waals surface area contributed by atoms with Gasteiger partial charge in [-0.1, -0.05) is 11.6 Å². The number of benzene rings is 1. The number of carbonyl (C=O) groups excluding carboxylic acids is 1. The van der Waals surface area contributed by atoms with Crippen molar-refractivity contribution >= 4 is 28.8 Å². The zero-order chi connectivity index (χ0) is 17.5. The molecular weight excluding hydrogens is 343 g/mol. The van der Waals surface area contributed by atoms with Crippen molar-refractivity contribution in [3.63, 3.8) is 0 Å². The first-order chi connectivity index (χ1) is 11.3. The predicted octanol–water partition coefficient (Wildman–Crippen LogP) is 4.57. The van der Waals surface area contributed by atoms with Gasteiger partial charge in [0.25, 0.3) is 5.91 Å². The smallest absolute Gasteiger partial charge is 0.321 e. The highest BCUT2D eigenvalue weighted by Crippen LogP contribution is 2.30. The summed E-state index contributed by atoms with van der Waals surface area (Å²) in [5, 5.41) is 3.06. The fourth-order valence-electron chi connectivity index (χ4n) is 2.34. The van der Waals surface area contributed by atoms with Crippen molar-refractivity contribution in [3.05, 3.63) is 64.6 Å². The third-order valence-electron chi connectivity index (χ3n) is 3.45. The molecule has 0 unspecified atom stereocenters. The summed E-state index contributed by atoms with van der Waals surface area (Å²) in [5.41, 5.74) is 0.776. The second kappa shape index (κ2) is 5.83. The number of hydrogen-bond acceptors (Lipinski definition) is 2. The monoisotopic (exact) mass is 353 g/mol. The number of anilines is 1. The molecule has 0 aliphatic carbocycles. The number of carbonyl (C=O) groups is 1. The molecule has 0 spiro atoms. The van der Waals surface area contributed by atoms with Gasteiger partial charge in [-0.15, -0.1) is 0 Å². The van der Waals surface area contributed by atoms with Crippen molar-refractivity contribution in [2.24, 2.45) is 0 Å². The second-order valence-electron chi connectivity index (χ2n) is 5.15. The molecule has 8 heteroatoms. The van der Waals surface area contributed by atoms with Crippen LogP contribution in [0.2, 0.25) is 5.02 Å². The Morgan fingerprint density at radius 3 is 2.50 bits per heavy atom. The van der Waals surface area contributed by atoms with Gasteiger partial charge < -0.3 is 5.32 Å². The van der Waals surface area contributed by atoms with Crippen LogP contribution in [0.5, 0.6) is 0 Å². The summed E-state index contributed by atoms with van der Waals surface area (Å²) in [6.45, 7) is 1.67. The largest absolute Gasteiger partial charge is 0.416 e. The highest BCUT2D eigenvalue weighted by atomic mass is 35.5. The lowest BCUT2D eigenvalue weighted by Crippen LogP contribution is -2.15. The molecule has 24 heavy (non-hydrogen) atoms. The fraction of sp³-hybridized carbons (Fsp3) is 0.125. The highest BCUT2D eigenvalue weighted by molar-refractivity contribution is 6.30. The molecule has 0 saturated carbocycles. The van der Waals surface area contributed by atoms with Crippen LogP contribution in [0.25, 0.3) is 5.65 Å². The lowest BCUT2D eigenvalue weighted by Gasteiger charge is -2.09. The maximum atomic E-state index is 12.6. The van der Waals surface area contributed by atoms with E-state index in [1.807, 2.05) is 0 Å². The summed E-state index contributed by atoms with van der Waals surface area (Å²) in [6, 6.07) is 7.47. The molecule has 1 aromatic carbocycles. The minimum Gasteiger partial charge on any atom is -0.321 e. The van der Waals surface area contributed by atoms with E-state index in [2.05, 4.69) is 10.3 Å². The van der Waals surface area contributed by atoms with Crippen LogP contribution in [0, 0.1) is 6.92 Å². The fourth-order valence-corrected chi connectivity index (χ4v) is 2.50. The molecule has 0 aliphatic rings. The number of hydrogen-bond donors (Lipinski definition) is 1. The summed E-state index contributed by atoms with van der Waals surface area (Å²) in [6.07, 6.45) is -2.81. The summed E-state index contributed by atoms with van der Waals surface area (Å²) in [4.78, 5) is 16.7. The molecule has 124 valence electrons. The van der Waals surface area contributed by atoms with Gasteiger partial charge in [0.15, 0.2) is 0 Å². The van der Waals surface area contributed by atoms with Gasteiger partial charge in [-0.05, 0) is 37.3 Å². The summed E-state index contributed by atoms with van der Waals surface area (Å²) in [7, 11) is 0. The van der Waals surface area contributed by atoms with Gasteiger partial charge in [0.2, 0.25) is 0 Å². The molecule has 2 aromatic heterocycles. The summed E-state index contributed by atoms with van der Waals surface area (Å²) < 4.78 is 39.2. The van der Waals surface area contributed by atoms with Crippen molar-refractivity contribution in [1.29, 1.82) is 0 Å². The molecular formula is C16H11ClF3N3O. The molecule has 3 aromatic rings. The maximum absolute atomic E-state index is 12.6. The van der Waals surface area contributed by atoms with Crippen LogP contribution in [0.4, 0.5) is 18.9 Å². The van der Waals surface area contributed by atoms with E-state index in [1.54, 1.807) is 29.7 Å². The zero-order valence-electron chi connectivity index (χ0n) is 12.4. The Kier molecular flexibility index (Phi) is 3.96. The van der Waals surface area contributed by atoms with Gasteiger partial charge in [-0.2, -0.15) is 13.2 Å². The SMILES string of the molecule is Cc1nc2cc(Cl)ccn2c1C(=O)Nc1ccc(C(F)(F)F)cc1. The van der Waals surface area contributed by atoms with E-state index in [-0.39, 0.29) is 5.69 Å². The third-order valence-corrected chi connectivity index (χ3v) is 3.68. The number of rotatable bonds is 2. The Balaban J connectivity index is 1.89. The van der Waals surface area contributed by atoms with Crippen molar-refractivity contribution < 1.29 is 18.0 Å². The zero-order valence-corrected chi connectivity index (χ0v) is 13.1. The van der Waals surface area contributed by atoms with Crippen LogP contribution >= 0.6 is 11.6 Å². The van der Waals surface area contributed by atoms with Crippen molar-refractivity contribution in [2.45, 2.75) is 13.1 Å². The number of alkyl halides is 3. The molecule has 1 N–H and O–H groups in total. The molecule has 0 saturated heterocycles. The Morgan fingerprint density at radius 1 is 1.21 bits per heavy atom. The Bertz CT molecular complexity index is 917. The van der Waals surface area contributed by atoms with E-state index < -0.39 is 17.6 Å². The quantitative estimate of drug-likeness (QED) is 0.733. The molecule has 2 heterocycles. The Hall–Kier alpha value is -2.54. The topological polar surface area (TPSA) is 46.4 Å². The second-order valence-corrected chi connectivity index (χ2v) is 5.58. The number of halogens is 4. The number of amides is 1. The highest BCUT2D eigenvalue weighted by Gasteiger charge is 2.30. The van der Waals surface area contributed by atoms with Crippen molar-refractivity contribution in [1.82, 2.24) is 9.38 Å². The molecule has 0 fully saturated rings. The van der Waals surface area contributed by atoms with Gasteiger partial charge in [-0.25, -0.2) is 4.98 Å². The van der Waals surface area contributed by atoms with Crippen molar-refractivity contribution in [2.75, 3.05) is 5.32 Å². The summed E-state index contributed by atoms with van der Waals surface area (Å²) in [5.74, 6) is -0.470. The van der Waals surface area contributed by atoms with E-state index in [1.165, 1.54) is 12.1 Å². The standard InChI is InChI=1S/C16H11ClF3N3O/c1-9-14(23-7-6-11(17)8-13(23)21-9)15(24)22-12-4-2-10(3-5-12)16(18,19)20/h2-8H,1H3,(H,22,24). The summed E-state index contributed by atoms with van der Waals surface area (Å²) >= 11 is 5.90. The average molecular weight is 354 g/mol. The van der Waals surface area contributed by atoms with Gasteiger partial charge in [-0.3, -0.25) is 9.20 Å². The van der Waals surface area contributed by atoms with Gasteiger partial charge >= 0.3 is 6.18 Å². The van der Waals surface area contributed by atoms with Gasteiger partial charge in [0.1, 0.15) is 11.3 Å². The third kappa shape index (κ3) is 3.07. The molecule has 0 radical (unpaired) electrons. The molecule has 0 bridgehead atoms. The number of nitrogens with zero attached hydrogens (tertiary/aromatic N) is 2. The first kappa shape index (κ1) is 16.3. The molecule has 4 nitrogen and oxygen atoms in total. The maximum Gasteiger partial charge on any atom is 0.416 e. The van der Waals surface area contributed by atoms with Crippen LogP contribution in [0.3, 0.4) is 0 Å². The van der Waals surface area contributed by atoms with Crippen LogP contribution in [0.15, 0.2) is 42.6 Å². The van der Waals surface area contributed by atoms with Gasteiger partial charge in [0.05, 0.1) is 11.3 Å². The Labute approximate surface area is 139 Å². The lowest BCUT2D eigenvalue weighted by molar-refractivity contribution is -0.137. The van der Waals surface area contributed by atoms with E-state index in [4.69, 9.17) is 11.6 Å². The number of aryl methyl sites for hydroxylation is 1. The van der Waals surface area contributed by atoms with Crippen LogP contribution in [0.1, 0.15) is 21.7 Å². The van der Waals surface area contributed by atoms with Gasteiger partial charge in [0, 0.05) is 23.0 Å². The first-order valence-electron chi connectivity index (χ1n) is 6.88. The van der Waals surface area contributed by atoms with E-state index in [9.17, 15) is 18.0 Å². The number of fused-ring (bicyclic) bond motifs is 1. The number of pyridine rings is 1. The van der Waals surface area contributed by atoms with Crippen LogP contribution in [-0.2, 0) is 6.18 Å². The van der Waals surface area contributed by atoms with E-state index >= 15 is 0 Å². The van der Waals surface area contributed by atoms with E-state index in [0.717, 1.165) is 12.1 Å². The van der Waals surface area contributed by atoms with Crippen LogP contribution < -0.4 is 5.32 Å². The normalized spacial score (nSPS) is 11.7. The van der Waals surface area contributed by atoms with Crippen LogP contribution in [-0.4, -0.2) is 15.3 Å². The van der Waals surface area contributed by atoms with E-state index in [0.29, 0.717) is 22.1 Å². The predicted molar refractivity (Wildman–Crippen MR) is 84.3 cm³/mol. The minimum absolute atomic E-state index is 0.260. The number of imidazole rings is 1. The number of aromatic nitrogens is 2. The lowest BCUT2D eigenvalue weighted by atomic mass is 10.2. The minimum atomic E-state index is -4.42. The molecule has 3 rings (SSSR count). The molecule has 0 aliphatic heterocycles. The molecule has 1 amide bonds.